The van der Waals surface area contributed by atoms with E-state index in [2.05, 4.69) is 50.4 Å². The van der Waals surface area contributed by atoms with Gasteiger partial charge in [0.1, 0.15) is 0 Å². The molecule has 2 fully saturated rings. The van der Waals surface area contributed by atoms with E-state index >= 15 is 0 Å². The summed E-state index contributed by atoms with van der Waals surface area (Å²) >= 11 is 0. The Bertz CT molecular complexity index is 789. The van der Waals surface area contributed by atoms with Gasteiger partial charge in [-0.1, -0.05) is 24.3 Å². The van der Waals surface area contributed by atoms with Gasteiger partial charge >= 0.3 is 0 Å². The van der Waals surface area contributed by atoms with Gasteiger partial charge in [-0.05, 0) is 37.8 Å². The zero-order chi connectivity index (χ0) is 18.8. The molecule has 1 aliphatic carbocycles. The predicted octanol–water partition coefficient (Wildman–Crippen LogP) is 2.42. The van der Waals surface area contributed by atoms with E-state index in [1.165, 1.54) is 29.7 Å². The highest BCUT2D eigenvalue weighted by Gasteiger charge is 2.29. The molecule has 6 heteroatoms. The molecule has 0 radical (unpaired) electrons. The molecule has 1 saturated heterocycles. The van der Waals surface area contributed by atoms with Gasteiger partial charge in [-0.15, -0.1) is 0 Å². The van der Waals surface area contributed by atoms with E-state index in [0.717, 1.165) is 32.0 Å². The number of rotatable bonds is 6. The largest absolute Gasteiger partial charge is 0.353 e. The minimum absolute atomic E-state index is 0.0995. The second-order valence-corrected chi connectivity index (χ2v) is 7.80. The van der Waals surface area contributed by atoms with E-state index in [-0.39, 0.29) is 11.9 Å². The molecule has 2 heterocycles. The molecule has 1 unspecified atom stereocenters. The fourth-order valence-corrected chi connectivity index (χ4v) is 3.73. The van der Waals surface area contributed by atoms with Crippen LogP contribution >= 0.6 is 0 Å². The number of amides is 1. The standard InChI is InChI=1S/C21H29N5O/c1-15-5-3-4-6-18(15)14-22-21(27)16(2)25-9-11-26(12-10-25)20-13-19(23-24-20)17-7-8-17/h3-6,13,16-17H,7-12,14H2,1-2H3,(H,22,27)(H,23,24). The van der Waals surface area contributed by atoms with Gasteiger partial charge < -0.3 is 10.2 Å². The van der Waals surface area contributed by atoms with E-state index in [1.54, 1.807) is 0 Å². The van der Waals surface area contributed by atoms with Crippen LogP contribution in [0.2, 0.25) is 0 Å². The number of aromatic amines is 1. The first-order valence-electron chi connectivity index (χ1n) is 9.98. The maximum atomic E-state index is 12.6. The average molecular weight is 367 g/mol. The summed E-state index contributed by atoms with van der Waals surface area (Å²) in [5.74, 6) is 1.85. The molecule has 1 saturated carbocycles. The number of aryl methyl sites for hydroxylation is 1. The second kappa shape index (κ2) is 7.72. The van der Waals surface area contributed by atoms with Crippen molar-refractivity contribution < 1.29 is 4.79 Å². The molecule has 1 aromatic heterocycles. The van der Waals surface area contributed by atoms with Crippen molar-refractivity contribution in [2.75, 3.05) is 31.1 Å². The normalized spacial score (nSPS) is 19.1. The fourth-order valence-electron chi connectivity index (χ4n) is 3.73. The number of H-pyrrole nitrogens is 1. The van der Waals surface area contributed by atoms with Crippen LogP contribution in [-0.4, -0.2) is 53.2 Å². The fraction of sp³-hybridized carbons (Fsp3) is 0.524. The quantitative estimate of drug-likeness (QED) is 0.823. The number of hydrogen-bond donors (Lipinski definition) is 2. The molecular weight excluding hydrogens is 338 g/mol. The highest BCUT2D eigenvalue weighted by Crippen LogP contribution is 2.39. The molecule has 1 atom stereocenters. The number of nitrogens with zero attached hydrogens (tertiary/aromatic N) is 3. The first kappa shape index (κ1) is 18.0. The van der Waals surface area contributed by atoms with Crippen LogP contribution in [0.5, 0.6) is 0 Å². The zero-order valence-electron chi connectivity index (χ0n) is 16.2. The topological polar surface area (TPSA) is 64.3 Å². The number of carbonyl (C=O) groups excluding carboxylic acids is 1. The summed E-state index contributed by atoms with van der Waals surface area (Å²) in [4.78, 5) is 17.2. The lowest BCUT2D eigenvalue weighted by Crippen LogP contribution is -2.54. The number of carbonyl (C=O) groups is 1. The first-order valence-corrected chi connectivity index (χ1v) is 9.98. The van der Waals surface area contributed by atoms with Crippen molar-refractivity contribution in [1.29, 1.82) is 0 Å². The number of piperazine rings is 1. The summed E-state index contributed by atoms with van der Waals surface area (Å²) in [6, 6.07) is 10.3. The van der Waals surface area contributed by atoms with E-state index < -0.39 is 0 Å². The van der Waals surface area contributed by atoms with Crippen molar-refractivity contribution in [2.45, 2.75) is 45.2 Å². The van der Waals surface area contributed by atoms with Crippen LogP contribution in [0.25, 0.3) is 0 Å². The van der Waals surface area contributed by atoms with E-state index in [1.807, 2.05) is 19.1 Å². The Morgan fingerprint density at radius 3 is 2.70 bits per heavy atom. The lowest BCUT2D eigenvalue weighted by Gasteiger charge is -2.37. The van der Waals surface area contributed by atoms with Crippen molar-refractivity contribution in [2.24, 2.45) is 0 Å². The molecule has 2 aliphatic rings. The molecule has 4 rings (SSSR count). The monoisotopic (exact) mass is 367 g/mol. The predicted molar refractivity (Wildman–Crippen MR) is 107 cm³/mol. The van der Waals surface area contributed by atoms with Crippen molar-refractivity contribution in [1.82, 2.24) is 20.4 Å². The summed E-state index contributed by atoms with van der Waals surface area (Å²) in [6.07, 6.45) is 2.56. The lowest BCUT2D eigenvalue weighted by molar-refractivity contribution is -0.126. The Morgan fingerprint density at radius 2 is 2.00 bits per heavy atom. The molecule has 0 spiro atoms. The van der Waals surface area contributed by atoms with Crippen LogP contribution in [0.4, 0.5) is 5.82 Å². The third kappa shape index (κ3) is 4.16. The van der Waals surface area contributed by atoms with E-state index in [4.69, 9.17) is 0 Å². The minimum atomic E-state index is -0.114. The van der Waals surface area contributed by atoms with Gasteiger partial charge in [-0.2, -0.15) is 5.10 Å². The molecule has 1 aromatic carbocycles. The molecule has 6 nitrogen and oxygen atoms in total. The second-order valence-electron chi connectivity index (χ2n) is 7.80. The Balaban J connectivity index is 1.26. The zero-order valence-corrected chi connectivity index (χ0v) is 16.2. The molecule has 1 aliphatic heterocycles. The van der Waals surface area contributed by atoms with Gasteiger partial charge in [0.2, 0.25) is 5.91 Å². The summed E-state index contributed by atoms with van der Waals surface area (Å²) < 4.78 is 0. The highest BCUT2D eigenvalue weighted by molar-refractivity contribution is 5.81. The van der Waals surface area contributed by atoms with Crippen LogP contribution < -0.4 is 10.2 Å². The van der Waals surface area contributed by atoms with Crippen molar-refractivity contribution in [3.05, 3.63) is 47.2 Å². The summed E-state index contributed by atoms with van der Waals surface area (Å²) in [6.45, 7) is 8.24. The van der Waals surface area contributed by atoms with Gasteiger partial charge in [-0.3, -0.25) is 14.8 Å². The van der Waals surface area contributed by atoms with Crippen LogP contribution in [0.3, 0.4) is 0 Å². The van der Waals surface area contributed by atoms with Gasteiger partial charge in [0, 0.05) is 50.4 Å². The summed E-state index contributed by atoms with van der Waals surface area (Å²) in [5, 5.41) is 10.8. The van der Waals surface area contributed by atoms with Gasteiger partial charge in [-0.25, -0.2) is 0 Å². The maximum Gasteiger partial charge on any atom is 0.237 e. The molecule has 2 aromatic rings. The number of aromatic nitrogens is 2. The smallest absolute Gasteiger partial charge is 0.237 e. The molecule has 144 valence electrons. The Hall–Kier alpha value is -2.34. The third-order valence-electron chi connectivity index (χ3n) is 5.88. The van der Waals surface area contributed by atoms with Crippen LogP contribution in [0.15, 0.2) is 30.3 Å². The Kier molecular flexibility index (Phi) is 5.16. The summed E-state index contributed by atoms with van der Waals surface area (Å²) in [5.41, 5.74) is 3.66. The van der Waals surface area contributed by atoms with Crippen molar-refractivity contribution in [3.8, 4) is 0 Å². The third-order valence-corrected chi connectivity index (χ3v) is 5.88. The van der Waals surface area contributed by atoms with Crippen molar-refractivity contribution >= 4 is 11.7 Å². The van der Waals surface area contributed by atoms with Crippen LogP contribution in [-0.2, 0) is 11.3 Å². The van der Waals surface area contributed by atoms with Crippen LogP contribution in [0.1, 0.15) is 42.5 Å². The number of anilines is 1. The number of hydrogen-bond acceptors (Lipinski definition) is 4. The molecular formula is C21H29N5O. The van der Waals surface area contributed by atoms with Crippen LogP contribution in [0, 0.1) is 6.92 Å². The molecule has 2 N–H and O–H groups in total. The van der Waals surface area contributed by atoms with Gasteiger partial charge in [0.15, 0.2) is 5.82 Å². The molecule has 27 heavy (non-hydrogen) atoms. The first-order chi connectivity index (χ1) is 13.1. The number of nitrogens with one attached hydrogen (secondary N) is 2. The van der Waals surface area contributed by atoms with Gasteiger partial charge in [0.05, 0.1) is 6.04 Å². The number of benzene rings is 1. The minimum Gasteiger partial charge on any atom is -0.353 e. The van der Waals surface area contributed by atoms with E-state index in [9.17, 15) is 4.79 Å². The van der Waals surface area contributed by atoms with E-state index in [0.29, 0.717) is 12.5 Å². The average Bonchev–Trinajstić information content (AvgIpc) is 3.43. The summed E-state index contributed by atoms with van der Waals surface area (Å²) in [7, 11) is 0. The Labute approximate surface area is 160 Å². The maximum absolute atomic E-state index is 12.6. The molecule has 0 bridgehead atoms. The highest BCUT2D eigenvalue weighted by atomic mass is 16.2. The van der Waals surface area contributed by atoms with Gasteiger partial charge in [0.25, 0.3) is 0 Å². The SMILES string of the molecule is Cc1ccccc1CNC(=O)C(C)N1CCN(c2cc(C3CC3)[nH]n2)CC1. The molecule has 1 amide bonds. The lowest BCUT2D eigenvalue weighted by atomic mass is 10.1. The van der Waals surface area contributed by atoms with Crippen molar-refractivity contribution in [3.63, 3.8) is 0 Å². The Morgan fingerprint density at radius 1 is 1.26 bits per heavy atom.